The van der Waals surface area contributed by atoms with Gasteiger partial charge in [-0.2, -0.15) is 0 Å². The third-order valence-electron chi connectivity index (χ3n) is 3.25. The van der Waals surface area contributed by atoms with Gasteiger partial charge in [-0.05, 0) is 6.04 Å². The second-order valence-corrected chi connectivity index (χ2v) is 5.96. The van der Waals surface area contributed by atoms with Crippen LogP contribution in [0.1, 0.15) is 0 Å². The summed E-state index contributed by atoms with van der Waals surface area (Å²) < 4.78 is 0.844. The number of likely N-dealkylation sites (N-methyl/N-ethyl adjacent to an activating group) is 3. The van der Waals surface area contributed by atoms with Gasteiger partial charge in [-0.15, -0.1) is 0 Å². The fraction of sp³-hybridized carbons (Fsp3) is 0.833. The SMILES string of the molecule is CN1C(=O)C2[N-]CNC2N(C)C1=O.C[N+](C)(C)CCO. The summed E-state index contributed by atoms with van der Waals surface area (Å²) in [5.74, 6) is -0.224. The fourth-order valence-electron chi connectivity index (χ4n) is 1.97. The number of amides is 3. The molecule has 0 aromatic carbocycles. The van der Waals surface area contributed by atoms with Crippen molar-refractivity contribution < 1.29 is 19.2 Å². The molecule has 2 aliphatic rings. The number of aliphatic hydroxyl groups is 1. The minimum atomic E-state index is -0.423. The number of imide groups is 1. The number of aliphatic hydroxyl groups excluding tert-OH is 1. The molecule has 2 atom stereocenters. The lowest BCUT2D eigenvalue weighted by Crippen LogP contribution is -2.62. The molecule has 2 heterocycles. The second kappa shape index (κ2) is 6.49. The van der Waals surface area contributed by atoms with Gasteiger partial charge in [-0.3, -0.25) is 9.69 Å². The first-order valence-corrected chi connectivity index (χ1v) is 6.54. The van der Waals surface area contributed by atoms with Crippen molar-refractivity contribution in [1.29, 1.82) is 0 Å². The molecule has 2 N–H and O–H groups in total. The molecule has 2 fully saturated rings. The molecule has 0 spiro atoms. The van der Waals surface area contributed by atoms with E-state index in [-0.39, 0.29) is 24.7 Å². The molecule has 0 aromatic rings. The number of hydrogen-bond donors (Lipinski definition) is 2. The van der Waals surface area contributed by atoms with Gasteiger partial charge in [-0.25, -0.2) is 4.79 Å². The first-order valence-electron chi connectivity index (χ1n) is 6.54. The van der Waals surface area contributed by atoms with Gasteiger partial charge in [0.05, 0.1) is 33.9 Å². The van der Waals surface area contributed by atoms with Crippen LogP contribution in [0.2, 0.25) is 0 Å². The largest absolute Gasteiger partial charge is 0.637 e. The molecule has 8 heteroatoms. The monoisotopic (exact) mass is 287 g/mol. The molecular weight excluding hydrogens is 262 g/mol. The number of rotatable bonds is 2. The molecule has 3 amide bonds. The van der Waals surface area contributed by atoms with Crippen molar-refractivity contribution >= 4 is 11.9 Å². The summed E-state index contributed by atoms with van der Waals surface area (Å²) >= 11 is 0. The van der Waals surface area contributed by atoms with Gasteiger partial charge in [-0.1, -0.05) is 6.67 Å². The first kappa shape index (κ1) is 16.8. The molecule has 8 nitrogen and oxygen atoms in total. The first-order chi connectivity index (χ1) is 9.19. The van der Waals surface area contributed by atoms with E-state index < -0.39 is 6.04 Å². The standard InChI is InChI=1S/C7H11N4O2.C5H14NO/c1-10-5-4(8-3-9-5)6(12)11(2)7(10)13;1-6(2,3)4-5-7/h4-5,9H,3H2,1-2H3;7H,4-5H2,1-3H3/q-1;+1. The van der Waals surface area contributed by atoms with Crippen LogP contribution in [0.4, 0.5) is 4.79 Å². The third-order valence-corrected chi connectivity index (χ3v) is 3.25. The van der Waals surface area contributed by atoms with Crippen molar-refractivity contribution in [2.24, 2.45) is 0 Å². The van der Waals surface area contributed by atoms with Gasteiger partial charge in [0.1, 0.15) is 6.54 Å². The number of quaternary nitrogens is 1. The highest BCUT2D eigenvalue weighted by atomic mass is 16.3. The Morgan fingerprint density at radius 1 is 1.35 bits per heavy atom. The molecular formula is C12H25N5O3. The van der Waals surface area contributed by atoms with Gasteiger partial charge in [0, 0.05) is 14.1 Å². The average molecular weight is 287 g/mol. The highest BCUT2D eigenvalue weighted by Gasteiger charge is 2.39. The smallest absolute Gasteiger partial charge is 0.327 e. The Morgan fingerprint density at radius 2 is 1.95 bits per heavy atom. The van der Waals surface area contributed by atoms with Crippen molar-refractivity contribution in [3.8, 4) is 0 Å². The average Bonchev–Trinajstić information content (AvgIpc) is 2.82. The van der Waals surface area contributed by atoms with Crippen molar-refractivity contribution in [3.63, 3.8) is 0 Å². The van der Waals surface area contributed by atoms with Crippen LogP contribution in [0.25, 0.3) is 5.32 Å². The van der Waals surface area contributed by atoms with Crippen LogP contribution in [-0.4, -0.2) is 98.6 Å². The van der Waals surface area contributed by atoms with Gasteiger partial charge < -0.3 is 25.1 Å². The number of nitrogens with one attached hydrogen (secondary N) is 1. The molecule has 116 valence electrons. The van der Waals surface area contributed by atoms with E-state index in [9.17, 15) is 9.59 Å². The molecule has 2 saturated heterocycles. The molecule has 0 aromatic heterocycles. The summed E-state index contributed by atoms with van der Waals surface area (Å²) in [6.07, 6.45) is -0.254. The van der Waals surface area contributed by atoms with Gasteiger partial charge in [0.25, 0.3) is 0 Å². The van der Waals surface area contributed by atoms with E-state index in [0.717, 1.165) is 15.9 Å². The molecule has 0 bridgehead atoms. The Morgan fingerprint density at radius 3 is 2.40 bits per heavy atom. The summed E-state index contributed by atoms with van der Waals surface area (Å²) in [5, 5.41) is 15.4. The fourth-order valence-corrected chi connectivity index (χ4v) is 1.97. The van der Waals surface area contributed by atoms with Gasteiger partial charge >= 0.3 is 6.03 Å². The van der Waals surface area contributed by atoms with Crippen LogP contribution in [0, 0.1) is 0 Å². The minimum absolute atomic E-state index is 0.224. The Balaban J connectivity index is 0.000000246. The molecule has 0 saturated carbocycles. The van der Waals surface area contributed by atoms with Crippen molar-refractivity contribution in [2.75, 3.05) is 55.1 Å². The quantitative estimate of drug-likeness (QED) is 0.626. The van der Waals surface area contributed by atoms with Crippen LogP contribution in [0.5, 0.6) is 0 Å². The molecule has 2 unspecified atom stereocenters. The molecule has 0 aliphatic carbocycles. The van der Waals surface area contributed by atoms with E-state index in [1.165, 1.54) is 11.9 Å². The molecule has 2 aliphatic heterocycles. The molecule has 20 heavy (non-hydrogen) atoms. The number of carbonyl (C=O) groups is 2. The van der Waals surface area contributed by atoms with Crippen molar-refractivity contribution in [2.45, 2.75) is 12.2 Å². The highest BCUT2D eigenvalue weighted by Crippen LogP contribution is 2.22. The van der Waals surface area contributed by atoms with E-state index in [1.807, 2.05) is 0 Å². The molecule has 0 radical (unpaired) electrons. The Labute approximate surface area is 119 Å². The van der Waals surface area contributed by atoms with Crippen LogP contribution >= 0.6 is 0 Å². The van der Waals surface area contributed by atoms with Crippen LogP contribution < -0.4 is 5.32 Å². The zero-order valence-electron chi connectivity index (χ0n) is 12.8. The third kappa shape index (κ3) is 3.89. The number of nitrogens with zero attached hydrogens (tertiary/aromatic N) is 4. The Hall–Kier alpha value is -1.22. The normalized spacial score (nSPS) is 26.3. The summed E-state index contributed by atoms with van der Waals surface area (Å²) in [6, 6.07) is -0.705. The zero-order chi connectivity index (χ0) is 15.5. The number of carbonyl (C=O) groups excluding carboxylic acids is 2. The maximum Gasteiger partial charge on any atom is 0.327 e. The maximum absolute atomic E-state index is 11.5. The lowest BCUT2D eigenvalue weighted by atomic mass is 10.1. The molecule has 2 rings (SSSR count). The van der Waals surface area contributed by atoms with E-state index in [1.54, 1.807) is 7.05 Å². The zero-order valence-corrected chi connectivity index (χ0v) is 12.8. The maximum atomic E-state index is 11.5. The lowest BCUT2D eigenvalue weighted by molar-refractivity contribution is -0.870. The summed E-state index contributed by atoms with van der Waals surface area (Å²) in [5.41, 5.74) is 0. The summed E-state index contributed by atoms with van der Waals surface area (Å²) in [7, 11) is 9.30. The van der Waals surface area contributed by atoms with Crippen molar-refractivity contribution in [1.82, 2.24) is 15.1 Å². The number of hydrogen-bond acceptors (Lipinski definition) is 4. The number of fused-ring (bicyclic) bond motifs is 1. The topological polar surface area (TPSA) is 87.0 Å². The highest BCUT2D eigenvalue weighted by molar-refractivity contribution is 6.01. The van der Waals surface area contributed by atoms with E-state index >= 15 is 0 Å². The van der Waals surface area contributed by atoms with Gasteiger partial charge in [0.15, 0.2) is 0 Å². The van der Waals surface area contributed by atoms with E-state index in [4.69, 9.17) is 5.11 Å². The predicted molar refractivity (Wildman–Crippen MR) is 74.9 cm³/mol. The van der Waals surface area contributed by atoms with E-state index in [2.05, 4.69) is 31.8 Å². The number of urea groups is 1. The summed E-state index contributed by atoms with van der Waals surface area (Å²) in [6.45, 7) is 1.55. The second-order valence-electron chi connectivity index (χ2n) is 5.96. The minimum Gasteiger partial charge on any atom is -0.637 e. The Kier molecular flexibility index (Phi) is 5.46. The van der Waals surface area contributed by atoms with Crippen LogP contribution in [0.15, 0.2) is 0 Å². The van der Waals surface area contributed by atoms with Crippen molar-refractivity contribution in [3.05, 3.63) is 5.32 Å². The van der Waals surface area contributed by atoms with Crippen LogP contribution in [-0.2, 0) is 4.79 Å². The Bertz CT molecular complexity index is 369. The van der Waals surface area contributed by atoms with Gasteiger partial charge in [0.2, 0.25) is 5.91 Å². The predicted octanol–water partition coefficient (Wildman–Crippen LogP) is -1.18. The summed E-state index contributed by atoms with van der Waals surface area (Å²) in [4.78, 5) is 25.5. The van der Waals surface area contributed by atoms with E-state index in [0.29, 0.717) is 6.67 Å². The van der Waals surface area contributed by atoms with Crippen LogP contribution in [0.3, 0.4) is 0 Å². The lowest BCUT2D eigenvalue weighted by Gasteiger charge is -2.42.